The molecule has 0 spiro atoms. The van der Waals surface area contributed by atoms with Crippen LogP contribution >= 0.6 is 0 Å². The highest BCUT2D eigenvalue weighted by Gasteiger charge is 2.46. The van der Waals surface area contributed by atoms with Crippen molar-refractivity contribution < 1.29 is 19.4 Å². The maximum absolute atomic E-state index is 11.9. The topological polar surface area (TPSA) is 67.8 Å². The van der Waals surface area contributed by atoms with Crippen LogP contribution in [0.3, 0.4) is 0 Å². The van der Waals surface area contributed by atoms with Crippen molar-refractivity contribution in [1.82, 2.24) is 5.32 Å². The molecule has 2 aliphatic heterocycles. The van der Waals surface area contributed by atoms with Gasteiger partial charge >= 0.3 is 0 Å². The van der Waals surface area contributed by atoms with Crippen LogP contribution in [0.15, 0.2) is 0 Å². The van der Waals surface area contributed by atoms with Crippen molar-refractivity contribution in [3.63, 3.8) is 0 Å². The number of hydrogen-bond donors (Lipinski definition) is 2. The lowest BCUT2D eigenvalue weighted by Gasteiger charge is -2.39. The van der Waals surface area contributed by atoms with Crippen LogP contribution in [0.25, 0.3) is 0 Å². The fourth-order valence-corrected chi connectivity index (χ4v) is 1.82. The van der Waals surface area contributed by atoms with Gasteiger partial charge in [0.1, 0.15) is 5.41 Å². The van der Waals surface area contributed by atoms with Crippen molar-refractivity contribution in [2.75, 3.05) is 33.0 Å². The smallest absolute Gasteiger partial charge is 0.233 e. The summed E-state index contributed by atoms with van der Waals surface area (Å²) in [5.41, 5.74) is -0.682. The van der Waals surface area contributed by atoms with E-state index in [4.69, 9.17) is 9.47 Å². The highest BCUT2D eigenvalue weighted by molar-refractivity contribution is 5.84. The predicted molar refractivity (Wildman–Crippen MR) is 52.3 cm³/mol. The molecule has 0 aromatic rings. The molecule has 2 fully saturated rings. The van der Waals surface area contributed by atoms with Gasteiger partial charge in [0, 0.05) is 19.3 Å². The van der Waals surface area contributed by atoms with E-state index in [2.05, 4.69) is 5.32 Å². The summed E-state index contributed by atoms with van der Waals surface area (Å²) in [5, 5.41) is 12.1. The molecular formula is C10H17NO4. The zero-order chi connectivity index (χ0) is 10.7. The van der Waals surface area contributed by atoms with Gasteiger partial charge in [-0.2, -0.15) is 0 Å². The highest BCUT2D eigenvalue weighted by atomic mass is 16.5. The number of aliphatic hydroxyl groups is 1. The van der Waals surface area contributed by atoms with Gasteiger partial charge < -0.3 is 19.9 Å². The number of carbonyl (C=O) groups is 1. The van der Waals surface area contributed by atoms with Crippen LogP contribution in [0, 0.1) is 5.41 Å². The minimum absolute atomic E-state index is 0.0804. The van der Waals surface area contributed by atoms with Crippen LogP contribution in [0.4, 0.5) is 0 Å². The first-order valence-corrected chi connectivity index (χ1v) is 5.34. The Morgan fingerprint density at radius 1 is 1.33 bits per heavy atom. The van der Waals surface area contributed by atoms with Gasteiger partial charge in [0.2, 0.25) is 5.91 Å². The largest absolute Gasteiger partial charge is 0.395 e. The second kappa shape index (κ2) is 4.47. The van der Waals surface area contributed by atoms with Crippen LogP contribution in [0.2, 0.25) is 0 Å². The lowest BCUT2D eigenvalue weighted by atomic mass is 9.85. The molecule has 86 valence electrons. The predicted octanol–water partition coefficient (Wildman–Crippen LogP) is -0.710. The minimum atomic E-state index is -0.682. The maximum Gasteiger partial charge on any atom is 0.233 e. The van der Waals surface area contributed by atoms with Crippen LogP contribution in [0.1, 0.15) is 12.8 Å². The fraction of sp³-hybridized carbons (Fsp3) is 0.900. The third-order valence-corrected chi connectivity index (χ3v) is 3.10. The molecule has 2 saturated heterocycles. The number of hydrogen-bond acceptors (Lipinski definition) is 4. The number of nitrogens with one attached hydrogen (secondary N) is 1. The van der Waals surface area contributed by atoms with E-state index in [1.807, 2.05) is 0 Å². The summed E-state index contributed by atoms with van der Waals surface area (Å²) in [5.74, 6) is -0.0804. The van der Waals surface area contributed by atoms with Crippen molar-refractivity contribution in [3.05, 3.63) is 0 Å². The zero-order valence-corrected chi connectivity index (χ0v) is 8.70. The van der Waals surface area contributed by atoms with E-state index in [0.717, 1.165) is 12.8 Å². The second-order valence-electron chi connectivity index (χ2n) is 4.29. The molecule has 5 heteroatoms. The van der Waals surface area contributed by atoms with Crippen LogP contribution in [-0.2, 0) is 14.3 Å². The Kier molecular flexibility index (Phi) is 3.23. The molecule has 2 heterocycles. The van der Waals surface area contributed by atoms with Gasteiger partial charge in [-0.25, -0.2) is 0 Å². The molecule has 2 N–H and O–H groups in total. The van der Waals surface area contributed by atoms with Gasteiger partial charge in [0.15, 0.2) is 0 Å². The maximum atomic E-state index is 11.9. The third kappa shape index (κ3) is 2.14. The fourth-order valence-electron chi connectivity index (χ4n) is 1.82. The molecule has 0 atom stereocenters. The summed E-state index contributed by atoms with van der Waals surface area (Å²) >= 11 is 0. The average Bonchev–Trinajstić information content (AvgIpc) is 2.18. The Hall–Kier alpha value is -0.650. The lowest BCUT2D eigenvalue weighted by molar-refractivity contribution is -0.171. The molecule has 0 aromatic heterocycles. The molecular weight excluding hydrogens is 198 g/mol. The molecule has 0 saturated carbocycles. The number of ether oxygens (including phenoxy) is 2. The molecule has 15 heavy (non-hydrogen) atoms. The Morgan fingerprint density at radius 2 is 2.00 bits per heavy atom. The van der Waals surface area contributed by atoms with Gasteiger partial charge in [0.25, 0.3) is 0 Å². The van der Waals surface area contributed by atoms with E-state index in [0.29, 0.717) is 26.4 Å². The number of amides is 1. The Labute approximate surface area is 88.7 Å². The molecule has 0 unspecified atom stereocenters. The number of aliphatic hydroxyl groups excluding tert-OH is 1. The van der Waals surface area contributed by atoms with Crippen LogP contribution in [0.5, 0.6) is 0 Å². The molecule has 0 radical (unpaired) electrons. The van der Waals surface area contributed by atoms with Crippen LogP contribution in [-0.4, -0.2) is 50.1 Å². The van der Waals surface area contributed by atoms with Crippen molar-refractivity contribution in [2.45, 2.75) is 18.9 Å². The normalized spacial score (nSPS) is 25.7. The molecule has 1 amide bonds. The number of carbonyl (C=O) groups excluding carboxylic acids is 1. The Morgan fingerprint density at radius 3 is 2.47 bits per heavy atom. The monoisotopic (exact) mass is 215 g/mol. The summed E-state index contributed by atoms with van der Waals surface area (Å²) in [6, 6.07) is 0.190. The van der Waals surface area contributed by atoms with E-state index < -0.39 is 5.41 Å². The molecule has 2 rings (SSSR count). The quantitative estimate of drug-likeness (QED) is 0.652. The minimum Gasteiger partial charge on any atom is -0.395 e. The third-order valence-electron chi connectivity index (χ3n) is 3.10. The summed E-state index contributed by atoms with van der Waals surface area (Å²) in [6.07, 6.45) is 1.71. The summed E-state index contributed by atoms with van der Waals surface area (Å²) in [6.45, 7) is 1.93. The van der Waals surface area contributed by atoms with E-state index >= 15 is 0 Å². The molecule has 0 aliphatic carbocycles. The SMILES string of the molecule is O=C(NC1CCOCC1)C1(CO)COC1. The van der Waals surface area contributed by atoms with Crippen LogP contribution < -0.4 is 5.32 Å². The summed E-state index contributed by atoms with van der Waals surface area (Å²) in [7, 11) is 0. The first-order valence-electron chi connectivity index (χ1n) is 5.34. The van der Waals surface area contributed by atoms with Crippen molar-refractivity contribution in [2.24, 2.45) is 5.41 Å². The second-order valence-corrected chi connectivity index (χ2v) is 4.29. The van der Waals surface area contributed by atoms with Gasteiger partial charge in [0.05, 0.1) is 19.8 Å². The zero-order valence-electron chi connectivity index (χ0n) is 8.70. The molecule has 0 aromatic carbocycles. The summed E-state index contributed by atoms with van der Waals surface area (Å²) < 4.78 is 10.2. The van der Waals surface area contributed by atoms with Gasteiger partial charge in [-0.1, -0.05) is 0 Å². The van der Waals surface area contributed by atoms with Gasteiger partial charge in [-0.15, -0.1) is 0 Å². The van der Waals surface area contributed by atoms with E-state index in [1.54, 1.807) is 0 Å². The molecule has 2 aliphatic rings. The van der Waals surface area contributed by atoms with Gasteiger partial charge in [-0.3, -0.25) is 4.79 Å². The van der Waals surface area contributed by atoms with Crippen molar-refractivity contribution in [3.8, 4) is 0 Å². The Bertz CT molecular complexity index is 228. The standard InChI is InChI=1S/C10H17NO4/c12-5-10(6-15-7-10)9(13)11-8-1-3-14-4-2-8/h8,12H,1-7H2,(H,11,13). The van der Waals surface area contributed by atoms with E-state index in [-0.39, 0.29) is 18.6 Å². The van der Waals surface area contributed by atoms with Crippen molar-refractivity contribution in [1.29, 1.82) is 0 Å². The first kappa shape index (κ1) is 10.9. The highest BCUT2D eigenvalue weighted by Crippen LogP contribution is 2.27. The molecule has 5 nitrogen and oxygen atoms in total. The summed E-state index contributed by atoms with van der Waals surface area (Å²) in [4.78, 5) is 11.9. The average molecular weight is 215 g/mol. The van der Waals surface area contributed by atoms with E-state index in [1.165, 1.54) is 0 Å². The Balaban J connectivity index is 1.85. The number of rotatable bonds is 3. The first-order chi connectivity index (χ1) is 7.27. The van der Waals surface area contributed by atoms with Gasteiger partial charge in [-0.05, 0) is 12.8 Å². The van der Waals surface area contributed by atoms with Crippen molar-refractivity contribution >= 4 is 5.91 Å². The lowest BCUT2D eigenvalue weighted by Crippen LogP contribution is -2.58. The molecule has 0 bridgehead atoms. The van der Waals surface area contributed by atoms with E-state index in [9.17, 15) is 9.90 Å².